The fraction of sp³-hybridized carbons (Fsp3) is 0.217. The van der Waals surface area contributed by atoms with Crippen LogP contribution < -0.4 is 9.04 Å². The van der Waals surface area contributed by atoms with Crippen molar-refractivity contribution >= 4 is 61.6 Å². The number of carbonyl (C=O) groups excluding carboxylic acids is 1. The van der Waals surface area contributed by atoms with Crippen LogP contribution >= 0.6 is 34.5 Å². The molecule has 0 atom stereocenters. The van der Waals surface area contributed by atoms with E-state index >= 15 is 0 Å². The highest BCUT2D eigenvalue weighted by Gasteiger charge is 2.26. The summed E-state index contributed by atoms with van der Waals surface area (Å²) in [5.74, 6) is 0.445. The smallest absolute Gasteiger partial charge is 0.268 e. The van der Waals surface area contributed by atoms with Crippen molar-refractivity contribution in [3.05, 3.63) is 75.7 Å². The van der Waals surface area contributed by atoms with Crippen molar-refractivity contribution < 1.29 is 22.7 Å². The number of ketones is 1. The Morgan fingerprint density at radius 2 is 1.94 bits per heavy atom. The van der Waals surface area contributed by atoms with Crippen molar-refractivity contribution in [1.82, 2.24) is 4.98 Å². The molecule has 7 nitrogen and oxygen atoms in total. The number of ether oxygens (including phenoxy) is 2. The summed E-state index contributed by atoms with van der Waals surface area (Å²) in [5.41, 5.74) is 0.698. The molecule has 0 bridgehead atoms. The van der Waals surface area contributed by atoms with Gasteiger partial charge in [-0.2, -0.15) is 0 Å². The predicted molar refractivity (Wildman–Crippen MR) is 135 cm³/mol. The number of hydrogen-bond acceptors (Lipinski definition) is 7. The van der Waals surface area contributed by atoms with Gasteiger partial charge in [0.1, 0.15) is 12.5 Å². The first-order valence-corrected chi connectivity index (χ1v) is 13.2. The third-order valence-electron chi connectivity index (χ3n) is 4.53. The van der Waals surface area contributed by atoms with Crippen LogP contribution in [0, 0.1) is 0 Å². The van der Waals surface area contributed by atoms with E-state index in [9.17, 15) is 13.2 Å². The number of sulfonamides is 1. The Kier molecular flexibility index (Phi) is 9.49. The van der Waals surface area contributed by atoms with Gasteiger partial charge in [-0.1, -0.05) is 41.4 Å². The van der Waals surface area contributed by atoms with Crippen molar-refractivity contribution in [1.29, 1.82) is 0 Å². The molecule has 2 aromatic carbocycles. The largest absolute Gasteiger partial charge is 0.492 e. The van der Waals surface area contributed by atoms with E-state index in [2.05, 4.69) is 4.98 Å². The van der Waals surface area contributed by atoms with Gasteiger partial charge in [-0.15, -0.1) is 11.3 Å². The molecule has 0 saturated heterocycles. The lowest BCUT2D eigenvalue weighted by atomic mass is 10.1. The molecule has 0 spiro atoms. The Morgan fingerprint density at radius 3 is 2.59 bits per heavy atom. The fourth-order valence-corrected chi connectivity index (χ4v) is 5.51. The summed E-state index contributed by atoms with van der Waals surface area (Å²) < 4.78 is 37.7. The highest BCUT2D eigenvalue weighted by Crippen LogP contribution is 2.28. The van der Waals surface area contributed by atoms with Gasteiger partial charge in [-0.3, -0.25) is 4.79 Å². The van der Waals surface area contributed by atoms with Gasteiger partial charge in [0.25, 0.3) is 10.0 Å². The topological polar surface area (TPSA) is 85.8 Å². The fourth-order valence-electron chi connectivity index (χ4n) is 2.86. The number of hydrogen-bond donors (Lipinski definition) is 0. The number of halogens is 2. The Hall–Kier alpha value is -2.43. The van der Waals surface area contributed by atoms with Crippen molar-refractivity contribution in [2.75, 3.05) is 24.8 Å². The molecule has 0 unspecified atom stereocenters. The lowest BCUT2D eigenvalue weighted by Gasteiger charge is -2.20. The van der Waals surface area contributed by atoms with Crippen LogP contribution in [0.2, 0.25) is 10.0 Å². The lowest BCUT2D eigenvalue weighted by Crippen LogP contribution is -2.32. The van der Waals surface area contributed by atoms with Crippen LogP contribution in [0.15, 0.2) is 65.0 Å². The Morgan fingerprint density at radius 1 is 1.18 bits per heavy atom. The number of anilines is 1. The quantitative estimate of drug-likeness (QED) is 0.166. The zero-order chi connectivity index (χ0) is 24.6. The summed E-state index contributed by atoms with van der Waals surface area (Å²) >= 11 is 13.1. The molecule has 0 saturated carbocycles. The summed E-state index contributed by atoms with van der Waals surface area (Å²) in [4.78, 5) is 16.3. The first-order chi connectivity index (χ1) is 16.3. The van der Waals surface area contributed by atoms with Gasteiger partial charge >= 0.3 is 0 Å². The second-order valence-corrected chi connectivity index (χ2v) is 10.6. The van der Waals surface area contributed by atoms with Crippen molar-refractivity contribution in [2.45, 2.75) is 17.7 Å². The summed E-state index contributed by atoms with van der Waals surface area (Å²) in [6.07, 6.45) is 5.45. The molecule has 0 aliphatic heterocycles. The molecule has 0 amide bonds. The number of methoxy groups -OCH3 is 1. The molecule has 0 radical (unpaired) electrons. The van der Waals surface area contributed by atoms with Crippen molar-refractivity contribution in [2.24, 2.45) is 0 Å². The molecular formula is C23H22Cl2N2O5S2. The number of thiazole rings is 1. The van der Waals surface area contributed by atoms with E-state index in [-0.39, 0.29) is 17.4 Å². The number of nitrogens with zero attached hydrogens (tertiary/aromatic N) is 2. The second kappa shape index (κ2) is 12.3. The second-order valence-electron chi connectivity index (χ2n) is 6.98. The molecule has 0 aliphatic carbocycles. The molecule has 3 rings (SSSR count). The number of allylic oxidation sites excluding steroid dienone is 1. The van der Waals surface area contributed by atoms with Crippen LogP contribution in [-0.4, -0.2) is 39.6 Å². The van der Waals surface area contributed by atoms with Gasteiger partial charge in [0.05, 0.1) is 16.5 Å². The van der Waals surface area contributed by atoms with Gasteiger partial charge in [0.15, 0.2) is 5.78 Å². The van der Waals surface area contributed by atoms with Crippen molar-refractivity contribution in [3.63, 3.8) is 0 Å². The molecule has 1 heterocycles. The van der Waals surface area contributed by atoms with Gasteiger partial charge in [-0.05, 0) is 48.4 Å². The zero-order valence-corrected chi connectivity index (χ0v) is 21.3. The van der Waals surface area contributed by atoms with Crippen LogP contribution in [0.3, 0.4) is 0 Å². The molecule has 0 aliphatic rings. The van der Waals surface area contributed by atoms with Crippen LogP contribution in [0.1, 0.15) is 18.4 Å². The molecule has 180 valence electrons. The summed E-state index contributed by atoms with van der Waals surface area (Å²) in [6, 6.07) is 11.2. The van der Waals surface area contributed by atoms with E-state index in [0.717, 1.165) is 4.31 Å². The highest BCUT2D eigenvalue weighted by atomic mass is 35.5. The molecule has 11 heteroatoms. The summed E-state index contributed by atoms with van der Waals surface area (Å²) in [6.45, 7) is 0.185. The third kappa shape index (κ3) is 7.04. The van der Waals surface area contributed by atoms with Crippen LogP contribution in [0.4, 0.5) is 5.13 Å². The van der Waals surface area contributed by atoms with Gasteiger partial charge in [-0.25, -0.2) is 17.7 Å². The van der Waals surface area contributed by atoms with Crippen LogP contribution in [-0.2, 0) is 19.6 Å². The third-order valence-corrected chi connectivity index (χ3v) is 7.69. The van der Waals surface area contributed by atoms with E-state index in [1.165, 1.54) is 42.9 Å². The standard InChI is InChI=1S/C23H22Cl2N2O5S2/c1-31-16-27(23-26-12-14-33-23)34(29,30)20-9-5-17(6-10-20)4-8-19(28)3-2-13-32-22-11-7-18(24)15-21(22)25/h4-12,14-15H,2-3,13,16H2,1H3. The number of carbonyl (C=O) groups is 1. The van der Waals surface area contributed by atoms with E-state index < -0.39 is 10.0 Å². The number of rotatable bonds is 12. The highest BCUT2D eigenvalue weighted by molar-refractivity contribution is 7.93. The van der Waals surface area contributed by atoms with Crippen LogP contribution in [0.5, 0.6) is 5.75 Å². The average Bonchev–Trinajstić information content (AvgIpc) is 3.34. The molecule has 1 aromatic heterocycles. The van der Waals surface area contributed by atoms with E-state index in [4.69, 9.17) is 32.7 Å². The lowest BCUT2D eigenvalue weighted by molar-refractivity contribution is -0.114. The Bertz CT molecular complexity index is 1230. The van der Waals surface area contributed by atoms with E-state index in [0.29, 0.717) is 45.9 Å². The first-order valence-electron chi connectivity index (χ1n) is 10.1. The molecule has 0 N–H and O–H groups in total. The summed E-state index contributed by atoms with van der Waals surface area (Å²) in [5, 5.41) is 2.95. The average molecular weight is 541 g/mol. The maximum Gasteiger partial charge on any atom is 0.268 e. The summed E-state index contributed by atoms with van der Waals surface area (Å²) in [7, 11) is -2.43. The maximum absolute atomic E-state index is 13.0. The Labute approximate surface area is 212 Å². The van der Waals surface area contributed by atoms with E-state index in [1.54, 1.807) is 41.8 Å². The minimum atomic E-state index is -3.84. The van der Waals surface area contributed by atoms with Gasteiger partial charge < -0.3 is 9.47 Å². The number of aromatic nitrogens is 1. The van der Waals surface area contributed by atoms with E-state index in [1.807, 2.05) is 0 Å². The minimum absolute atomic E-state index is 0.0717. The molecule has 3 aromatic rings. The molecular weight excluding hydrogens is 519 g/mol. The Balaban J connectivity index is 1.54. The monoisotopic (exact) mass is 540 g/mol. The van der Waals surface area contributed by atoms with Crippen LogP contribution in [0.25, 0.3) is 6.08 Å². The number of benzene rings is 2. The maximum atomic E-state index is 13.0. The molecule has 34 heavy (non-hydrogen) atoms. The van der Waals surface area contributed by atoms with Gasteiger partial charge in [0.2, 0.25) is 5.13 Å². The van der Waals surface area contributed by atoms with Crippen molar-refractivity contribution in [3.8, 4) is 5.75 Å². The zero-order valence-electron chi connectivity index (χ0n) is 18.2. The van der Waals surface area contributed by atoms with Gasteiger partial charge in [0, 0.05) is 30.1 Å². The normalized spacial score (nSPS) is 11.6. The first kappa shape index (κ1) is 26.2. The SMILES string of the molecule is COCN(c1nccs1)S(=O)(=O)c1ccc(C=CC(=O)CCCOc2ccc(Cl)cc2Cl)cc1. The predicted octanol–water partition coefficient (Wildman–Crippen LogP) is 5.69. The minimum Gasteiger partial charge on any atom is -0.492 e. The molecule has 0 fully saturated rings.